The van der Waals surface area contributed by atoms with Crippen LogP contribution in [0.2, 0.25) is 5.02 Å². The Morgan fingerprint density at radius 1 is 1.20 bits per heavy atom. The minimum absolute atomic E-state index is 0.236. The molecule has 0 aliphatic carbocycles. The molecule has 0 bridgehead atoms. The van der Waals surface area contributed by atoms with Crippen molar-refractivity contribution < 1.29 is 4.39 Å². The van der Waals surface area contributed by atoms with Crippen molar-refractivity contribution in [2.24, 2.45) is 0 Å². The maximum Gasteiger partial charge on any atom is 0.175 e. The first kappa shape index (κ1) is 14.3. The smallest absolute Gasteiger partial charge is 0.175 e. The highest BCUT2D eigenvalue weighted by Gasteiger charge is 2.04. The number of nitrogens with one attached hydrogen (secondary N) is 2. The molecule has 0 fully saturated rings. The maximum atomic E-state index is 12.9. The third-order valence-electron chi connectivity index (χ3n) is 2.43. The summed E-state index contributed by atoms with van der Waals surface area (Å²) in [6, 6.07) is 12.9. The molecule has 0 saturated heterocycles. The number of hydrogen-bond donors (Lipinski definition) is 2. The zero-order valence-electron chi connectivity index (χ0n) is 10.2. The van der Waals surface area contributed by atoms with Crippen LogP contribution in [0.3, 0.4) is 0 Å². The van der Waals surface area contributed by atoms with E-state index >= 15 is 0 Å². The fourth-order valence-corrected chi connectivity index (χ4v) is 1.98. The Hall–Kier alpha value is -2.16. The lowest BCUT2D eigenvalue weighted by Gasteiger charge is -2.11. The molecule has 0 aliphatic heterocycles. The largest absolute Gasteiger partial charge is 0.332 e. The summed E-state index contributed by atoms with van der Waals surface area (Å²) in [5, 5.41) is 15.1. The minimum Gasteiger partial charge on any atom is -0.332 e. The van der Waals surface area contributed by atoms with E-state index in [1.165, 1.54) is 18.2 Å². The van der Waals surface area contributed by atoms with Gasteiger partial charge in [0, 0.05) is 5.69 Å². The number of nitrogens with zero attached hydrogens (tertiary/aromatic N) is 1. The van der Waals surface area contributed by atoms with Crippen LogP contribution in [-0.4, -0.2) is 5.11 Å². The molecule has 0 atom stereocenters. The first-order valence-corrected chi connectivity index (χ1v) is 6.40. The Morgan fingerprint density at radius 2 is 2.00 bits per heavy atom. The molecular formula is C14H9ClFN3S. The van der Waals surface area contributed by atoms with Crippen LogP contribution in [0.4, 0.5) is 15.8 Å². The van der Waals surface area contributed by atoms with Gasteiger partial charge in [0.25, 0.3) is 0 Å². The average molecular weight is 306 g/mol. The molecule has 0 saturated carbocycles. The van der Waals surface area contributed by atoms with Crippen LogP contribution >= 0.6 is 23.8 Å². The predicted octanol–water partition coefficient (Wildman–Crippen LogP) is 4.16. The summed E-state index contributed by atoms with van der Waals surface area (Å²) in [6.45, 7) is 0. The number of rotatable bonds is 2. The predicted molar refractivity (Wildman–Crippen MR) is 82.4 cm³/mol. The monoisotopic (exact) mass is 305 g/mol. The molecule has 2 N–H and O–H groups in total. The van der Waals surface area contributed by atoms with Gasteiger partial charge in [0.05, 0.1) is 22.3 Å². The fourth-order valence-electron chi connectivity index (χ4n) is 1.54. The standard InChI is InChI=1S/C14H9ClFN3S/c15-12-7-10(16)4-5-13(12)19-14(20)18-11-3-1-2-9(6-11)8-17/h1-7H,(H2,18,19,20). The van der Waals surface area contributed by atoms with Gasteiger partial charge in [-0.3, -0.25) is 0 Å². The zero-order chi connectivity index (χ0) is 14.5. The van der Waals surface area contributed by atoms with Crippen LogP contribution in [0.1, 0.15) is 5.56 Å². The number of hydrogen-bond acceptors (Lipinski definition) is 2. The third kappa shape index (κ3) is 3.67. The summed E-state index contributed by atoms with van der Waals surface area (Å²) in [5.74, 6) is -0.416. The minimum atomic E-state index is -0.416. The van der Waals surface area contributed by atoms with Crippen molar-refractivity contribution in [2.45, 2.75) is 0 Å². The molecule has 0 spiro atoms. The summed E-state index contributed by atoms with van der Waals surface area (Å²) in [6.07, 6.45) is 0. The molecular weight excluding hydrogens is 297 g/mol. The Labute approximate surface area is 126 Å². The summed E-state index contributed by atoms with van der Waals surface area (Å²) in [4.78, 5) is 0. The van der Waals surface area contributed by atoms with Crippen molar-refractivity contribution in [3.8, 4) is 6.07 Å². The summed E-state index contributed by atoms with van der Waals surface area (Å²) >= 11 is 11.0. The molecule has 0 heterocycles. The lowest BCUT2D eigenvalue weighted by atomic mass is 10.2. The SMILES string of the molecule is N#Cc1cccc(NC(=S)Nc2ccc(F)cc2Cl)c1. The second-order valence-corrected chi connectivity index (χ2v) is 4.71. The van der Waals surface area contributed by atoms with E-state index in [-0.39, 0.29) is 5.02 Å². The summed E-state index contributed by atoms with van der Waals surface area (Å²) in [7, 11) is 0. The van der Waals surface area contributed by atoms with Gasteiger partial charge in [0.1, 0.15) is 5.82 Å². The van der Waals surface area contributed by atoms with Crippen molar-refractivity contribution in [2.75, 3.05) is 10.6 Å². The topological polar surface area (TPSA) is 47.9 Å². The molecule has 2 rings (SSSR count). The highest BCUT2D eigenvalue weighted by atomic mass is 35.5. The van der Waals surface area contributed by atoms with Crippen LogP contribution < -0.4 is 10.6 Å². The van der Waals surface area contributed by atoms with Gasteiger partial charge in [0.2, 0.25) is 0 Å². The van der Waals surface area contributed by atoms with Crippen LogP contribution in [-0.2, 0) is 0 Å². The van der Waals surface area contributed by atoms with Gasteiger partial charge in [0.15, 0.2) is 5.11 Å². The van der Waals surface area contributed by atoms with E-state index in [2.05, 4.69) is 10.6 Å². The van der Waals surface area contributed by atoms with E-state index in [4.69, 9.17) is 29.1 Å². The normalized spacial score (nSPS) is 9.65. The Balaban J connectivity index is 2.07. The van der Waals surface area contributed by atoms with Gasteiger partial charge in [-0.15, -0.1) is 0 Å². The number of thiocarbonyl (C=S) groups is 1. The average Bonchev–Trinajstić information content (AvgIpc) is 2.42. The van der Waals surface area contributed by atoms with Crippen LogP contribution in [0.15, 0.2) is 42.5 Å². The van der Waals surface area contributed by atoms with E-state index < -0.39 is 5.82 Å². The number of anilines is 2. The summed E-state index contributed by atoms with van der Waals surface area (Å²) in [5.41, 5.74) is 1.71. The quantitative estimate of drug-likeness (QED) is 0.818. The van der Waals surface area contributed by atoms with Crippen LogP contribution in [0.25, 0.3) is 0 Å². The van der Waals surface area contributed by atoms with E-state index in [0.717, 1.165) is 0 Å². The van der Waals surface area contributed by atoms with E-state index in [1.807, 2.05) is 6.07 Å². The summed E-state index contributed by atoms with van der Waals surface area (Å²) < 4.78 is 12.9. The van der Waals surface area contributed by atoms with E-state index in [0.29, 0.717) is 22.1 Å². The highest BCUT2D eigenvalue weighted by Crippen LogP contribution is 2.22. The molecule has 2 aromatic rings. The molecule has 0 amide bonds. The van der Waals surface area contributed by atoms with Gasteiger partial charge in [-0.05, 0) is 48.6 Å². The lowest BCUT2D eigenvalue weighted by molar-refractivity contribution is 0.628. The first-order valence-electron chi connectivity index (χ1n) is 5.62. The molecule has 0 unspecified atom stereocenters. The van der Waals surface area contributed by atoms with E-state index in [9.17, 15) is 4.39 Å². The lowest BCUT2D eigenvalue weighted by Crippen LogP contribution is -2.19. The van der Waals surface area contributed by atoms with Gasteiger partial charge in [-0.1, -0.05) is 17.7 Å². The van der Waals surface area contributed by atoms with Crippen molar-refractivity contribution in [1.82, 2.24) is 0 Å². The number of benzene rings is 2. The van der Waals surface area contributed by atoms with Crippen molar-refractivity contribution in [1.29, 1.82) is 5.26 Å². The zero-order valence-corrected chi connectivity index (χ0v) is 11.7. The van der Waals surface area contributed by atoms with Crippen molar-refractivity contribution >= 4 is 40.3 Å². The molecule has 0 aromatic heterocycles. The molecule has 100 valence electrons. The van der Waals surface area contributed by atoms with Crippen LogP contribution in [0.5, 0.6) is 0 Å². The Kier molecular flexibility index (Phi) is 4.51. The van der Waals surface area contributed by atoms with Crippen molar-refractivity contribution in [3.05, 3.63) is 58.9 Å². The fraction of sp³-hybridized carbons (Fsp3) is 0. The highest BCUT2D eigenvalue weighted by molar-refractivity contribution is 7.80. The number of halogens is 2. The second kappa shape index (κ2) is 6.33. The van der Waals surface area contributed by atoms with Crippen molar-refractivity contribution in [3.63, 3.8) is 0 Å². The Bertz CT molecular complexity index is 697. The van der Waals surface area contributed by atoms with Gasteiger partial charge in [-0.25, -0.2) is 4.39 Å². The first-order chi connectivity index (χ1) is 9.58. The van der Waals surface area contributed by atoms with E-state index in [1.54, 1.807) is 24.3 Å². The Morgan fingerprint density at radius 3 is 2.70 bits per heavy atom. The number of nitriles is 1. The van der Waals surface area contributed by atoms with Gasteiger partial charge in [-0.2, -0.15) is 5.26 Å². The third-order valence-corrected chi connectivity index (χ3v) is 2.95. The molecule has 3 nitrogen and oxygen atoms in total. The molecule has 20 heavy (non-hydrogen) atoms. The van der Waals surface area contributed by atoms with Gasteiger partial charge < -0.3 is 10.6 Å². The molecule has 0 radical (unpaired) electrons. The van der Waals surface area contributed by atoms with Crippen LogP contribution in [0, 0.1) is 17.1 Å². The second-order valence-electron chi connectivity index (χ2n) is 3.90. The molecule has 6 heteroatoms. The molecule has 2 aromatic carbocycles. The maximum absolute atomic E-state index is 12.9. The molecule has 0 aliphatic rings. The van der Waals surface area contributed by atoms with Gasteiger partial charge >= 0.3 is 0 Å².